The van der Waals surface area contributed by atoms with Crippen LogP contribution < -0.4 is 0 Å². The van der Waals surface area contributed by atoms with Gasteiger partial charge in [-0.3, -0.25) is 0 Å². The van der Waals surface area contributed by atoms with Gasteiger partial charge in [0, 0.05) is 0 Å². The van der Waals surface area contributed by atoms with Crippen molar-refractivity contribution >= 4 is 40.4 Å². The molecule has 0 aromatic heterocycles. The Morgan fingerprint density at radius 2 is 1.78 bits per heavy atom. The lowest BCUT2D eigenvalue weighted by Gasteiger charge is -2.48. The molecule has 1 saturated carbocycles. The maximum absolute atomic E-state index is 6.95. The predicted octanol–water partition coefficient (Wildman–Crippen LogP) is 5.89. The van der Waals surface area contributed by atoms with Crippen LogP contribution >= 0.6 is 40.4 Å². The smallest absolute Gasteiger partial charge is 0.0785 e. The standard InChI is InChI=1S/C14H28Cl2P2/c1-5-7-17-11-9-13(3,4)10-14(16,12(11)15)18-8-6-2/h11-12,17-18H,5-10H2,1-4H3. The minimum atomic E-state index is -0.134. The molecule has 0 radical (unpaired) electrons. The van der Waals surface area contributed by atoms with E-state index in [4.69, 9.17) is 23.2 Å². The second-order valence-corrected chi connectivity index (χ2v) is 11.2. The summed E-state index contributed by atoms with van der Waals surface area (Å²) >= 11 is 13.7. The topological polar surface area (TPSA) is 0 Å². The van der Waals surface area contributed by atoms with E-state index in [0.29, 0.717) is 11.1 Å². The summed E-state index contributed by atoms with van der Waals surface area (Å²) < 4.78 is -0.134. The molecule has 0 bridgehead atoms. The van der Waals surface area contributed by atoms with Gasteiger partial charge in [-0.2, -0.15) is 0 Å². The largest absolute Gasteiger partial charge is 0.120 e. The Morgan fingerprint density at radius 3 is 2.33 bits per heavy atom. The molecule has 5 unspecified atom stereocenters. The normalized spacial score (nSPS) is 37.0. The van der Waals surface area contributed by atoms with Crippen LogP contribution in [0.15, 0.2) is 0 Å². The van der Waals surface area contributed by atoms with Gasteiger partial charge in [0.15, 0.2) is 0 Å². The first kappa shape index (κ1) is 17.5. The number of hydrogen-bond acceptors (Lipinski definition) is 0. The van der Waals surface area contributed by atoms with E-state index in [2.05, 4.69) is 27.7 Å². The predicted molar refractivity (Wildman–Crippen MR) is 92.0 cm³/mol. The summed E-state index contributed by atoms with van der Waals surface area (Å²) in [6.07, 6.45) is 7.37. The van der Waals surface area contributed by atoms with Crippen LogP contribution in [0.4, 0.5) is 0 Å². The van der Waals surface area contributed by atoms with E-state index in [0.717, 1.165) is 23.6 Å². The molecule has 0 N–H and O–H groups in total. The van der Waals surface area contributed by atoms with Gasteiger partial charge in [-0.15, -0.1) is 31.8 Å². The van der Waals surface area contributed by atoms with Crippen LogP contribution in [0, 0.1) is 5.41 Å². The van der Waals surface area contributed by atoms with Crippen LogP contribution in [0.5, 0.6) is 0 Å². The molecule has 0 saturated heterocycles. The third-order valence-electron chi connectivity index (χ3n) is 3.62. The summed E-state index contributed by atoms with van der Waals surface area (Å²) in [6.45, 7) is 9.23. The van der Waals surface area contributed by atoms with E-state index in [9.17, 15) is 0 Å². The quantitative estimate of drug-likeness (QED) is 0.421. The first-order chi connectivity index (χ1) is 8.34. The average Bonchev–Trinajstić information content (AvgIpc) is 2.29. The second-order valence-electron chi connectivity index (χ2n) is 6.30. The lowest BCUT2D eigenvalue weighted by molar-refractivity contribution is 0.243. The highest BCUT2D eigenvalue weighted by Crippen LogP contribution is 2.58. The lowest BCUT2D eigenvalue weighted by Crippen LogP contribution is -2.47. The van der Waals surface area contributed by atoms with Crippen molar-refractivity contribution in [3.63, 3.8) is 0 Å². The highest BCUT2D eigenvalue weighted by molar-refractivity contribution is 7.43. The molecule has 18 heavy (non-hydrogen) atoms. The highest BCUT2D eigenvalue weighted by Gasteiger charge is 2.49. The summed E-state index contributed by atoms with van der Waals surface area (Å²) in [6, 6.07) is 0. The number of halogens is 2. The third kappa shape index (κ3) is 4.77. The number of rotatable bonds is 6. The van der Waals surface area contributed by atoms with Crippen LogP contribution in [-0.2, 0) is 0 Å². The molecule has 1 aliphatic carbocycles. The summed E-state index contributed by atoms with van der Waals surface area (Å²) in [5, 5.41) is 0.182. The molecule has 0 aliphatic heterocycles. The molecule has 0 aromatic carbocycles. The van der Waals surface area contributed by atoms with Crippen molar-refractivity contribution in [3.05, 3.63) is 0 Å². The van der Waals surface area contributed by atoms with Crippen LogP contribution in [-0.4, -0.2) is 28.0 Å². The minimum Gasteiger partial charge on any atom is -0.120 e. The maximum atomic E-state index is 6.95. The van der Waals surface area contributed by atoms with Gasteiger partial charge in [-0.1, -0.05) is 49.1 Å². The zero-order chi connectivity index (χ0) is 13.8. The number of alkyl halides is 2. The molecule has 0 spiro atoms. The molecule has 0 aromatic rings. The van der Waals surface area contributed by atoms with Crippen molar-refractivity contribution in [3.8, 4) is 0 Å². The molecule has 5 atom stereocenters. The minimum absolute atomic E-state index is 0.134. The van der Waals surface area contributed by atoms with Crippen LogP contribution in [0.3, 0.4) is 0 Å². The molecule has 1 fully saturated rings. The molecule has 1 rings (SSSR count). The van der Waals surface area contributed by atoms with E-state index < -0.39 is 0 Å². The van der Waals surface area contributed by atoms with Crippen molar-refractivity contribution < 1.29 is 0 Å². The highest BCUT2D eigenvalue weighted by atomic mass is 35.5. The monoisotopic (exact) mass is 328 g/mol. The van der Waals surface area contributed by atoms with Crippen molar-refractivity contribution in [1.29, 1.82) is 0 Å². The fourth-order valence-corrected chi connectivity index (χ4v) is 8.13. The molecule has 0 heterocycles. The Morgan fingerprint density at radius 1 is 1.17 bits per heavy atom. The zero-order valence-corrected chi connectivity index (χ0v) is 15.7. The number of hydrogen-bond donors (Lipinski definition) is 0. The van der Waals surface area contributed by atoms with E-state index >= 15 is 0 Å². The van der Waals surface area contributed by atoms with Gasteiger partial charge >= 0.3 is 0 Å². The van der Waals surface area contributed by atoms with E-state index in [1.807, 2.05) is 0 Å². The molecule has 4 heteroatoms. The maximum Gasteiger partial charge on any atom is 0.0785 e. The van der Waals surface area contributed by atoms with Crippen molar-refractivity contribution in [2.75, 3.05) is 12.3 Å². The third-order valence-corrected chi connectivity index (χ3v) is 9.25. The van der Waals surface area contributed by atoms with Crippen molar-refractivity contribution in [2.45, 2.75) is 69.0 Å². The second kappa shape index (κ2) is 7.45. The Kier molecular flexibility index (Phi) is 7.24. The van der Waals surface area contributed by atoms with Gasteiger partial charge in [0.1, 0.15) is 0 Å². The first-order valence-corrected chi connectivity index (χ1v) is 10.5. The zero-order valence-electron chi connectivity index (χ0n) is 12.2. The molecular formula is C14H28Cl2P2. The molecule has 108 valence electrons. The summed E-state index contributed by atoms with van der Waals surface area (Å²) in [5.74, 6) is 0. The van der Waals surface area contributed by atoms with E-state index in [-0.39, 0.29) is 9.99 Å². The van der Waals surface area contributed by atoms with Gasteiger partial charge in [0.05, 0.1) is 9.99 Å². The van der Waals surface area contributed by atoms with Crippen LogP contribution in [0.25, 0.3) is 0 Å². The first-order valence-electron chi connectivity index (χ1n) is 7.16. The van der Waals surface area contributed by atoms with E-state index in [1.54, 1.807) is 0 Å². The molecule has 0 nitrogen and oxygen atoms in total. The average molecular weight is 329 g/mol. The van der Waals surface area contributed by atoms with Gasteiger partial charge < -0.3 is 0 Å². The van der Waals surface area contributed by atoms with Crippen molar-refractivity contribution in [2.24, 2.45) is 5.41 Å². The summed E-state index contributed by atoms with van der Waals surface area (Å²) in [7, 11) is 1.80. The van der Waals surface area contributed by atoms with E-state index in [1.165, 1.54) is 31.6 Å². The van der Waals surface area contributed by atoms with Gasteiger partial charge in [-0.05, 0) is 36.2 Å². The summed E-state index contributed by atoms with van der Waals surface area (Å²) in [5.41, 5.74) is 0.997. The molecule has 1 aliphatic rings. The van der Waals surface area contributed by atoms with Gasteiger partial charge in [0.25, 0.3) is 0 Å². The van der Waals surface area contributed by atoms with Crippen LogP contribution in [0.2, 0.25) is 0 Å². The fraction of sp³-hybridized carbons (Fsp3) is 1.00. The fourth-order valence-electron chi connectivity index (χ4n) is 2.88. The molecular weight excluding hydrogens is 301 g/mol. The van der Waals surface area contributed by atoms with Gasteiger partial charge in [0.2, 0.25) is 0 Å². The Hall–Kier alpha value is 1.44. The van der Waals surface area contributed by atoms with Crippen molar-refractivity contribution in [1.82, 2.24) is 0 Å². The van der Waals surface area contributed by atoms with Gasteiger partial charge in [-0.25, -0.2) is 0 Å². The SMILES string of the molecule is CCCPC1CC(C)(C)CC(Cl)(PCCC)C1Cl. The molecule has 0 amide bonds. The Bertz CT molecular complexity index is 258. The lowest BCUT2D eigenvalue weighted by atomic mass is 9.76. The summed E-state index contributed by atoms with van der Waals surface area (Å²) in [4.78, 5) is 0. The van der Waals surface area contributed by atoms with Crippen LogP contribution in [0.1, 0.15) is 53.4 Å². The Balaban J connectivity index is 2.76. The Labute approximate surface area is 127 Å².